The van der Waals surface area contributed by atoms with E-state index < -0.39 is 0 Å². The zero-order valence-electron chi connectivity index (χ0n) is 13.7. The number of amides is 3. The molecule has 2 heterocycles. The topological polar surface area (TPSA) is 82.2 Å². The van der Waals surface area contributed by atoms with Crippen LogP contribution in [0.15, 0.2) is 0 Å². The summed E-state index contributed by atoms with van der Waals surface area (Å²) in [6.07, 6.45) is 2.23. The van der Waals surface area contributed by atoms with Gasteiger partial charge in [-0.25, -0.2) is 4.79 Å². The molecule has 3 amide bonds. The predicted molar refractivity (Wildman–Crippen MR) is 83.8 cm³/mol. The highest BCUT2D eigenvalue weighted by atomic mass is 16.6. The van der Waals surface area contributed by atoms with Gasteiger partial charge in [0.2, 0.25) is 12.3 Å². The molecule has 23 heavy (non-hydrogen) atoms. The summed E-state index contributed by atoms with van der Waals surface area (Å²) in [5, 5.41) is 3.28. The van der Waals surface area contributed by atoms with E-state index >= 15 is 0 Å². The molecular formula is C15H26N4O4. The van der Waals surface area contributed by atoms with E-state index in [4.69, 9.17) is 4.74 Å². The van der Waals surface area contributed by atoms with Gasteiger partial charge < -0.3 is 24.8 Å². The number of nitrogens with zero attached hydrogens (tertiary/aromatic N) is 3. The first-order valence-electron chi connectivity index (χ1n) is 8.26. The first kappa shape index (κ1) is 17.5. The van der Waals surface area contributed by atoms with Crippen molar-refractivity contribution >= 4 is 18.4 Å². The number of rotatable bonds is 5. The molecule has 130 valence electrons. The molecule has 1 N–H and O–H groups in total. The lowest BCUT2D eigenvalue weighted by atomic mass is 10.1. The zero-order chi connectivity index (χ0) is 16.7. The summed E-state index contributed by atoms with van der Waals surface area (Å²) in [7, 11) is 0. The molecule has 0 radical (unpaired) electrons. The van der Waals surface area contributed by atoms with Crippen LogP contribution >= 0.6 is 0 Å². The minimum absolute atomic E-state index is 0.0726. The highest BCUT2D eigenvalue weighted by molar-refractivity contribution is 5.78. The van der Waals surface area contributed by atoms with E-state index in [9.17, 15) is 14.4 Å². The van der Waals surface area contributed by atoms with Crippen LogP contribution in [0, 0.1) is 0 Å². The van der Waals surface area contributed by atoms with Crippen molar-refractivity contribution in [1.82, 2.24) is 20.0 Å². The first-order valence-corrected chi connectivity index (χ1v) is 8.26. The van der Waals surface area contributed by atoms with Gasteiger partial charge in [0.05, 0.1) is 13.2 Å². The number of piperidine rings is 1. The third-order valence-electron chi connectivity index (χ3n) is 4.38. The Morgan fingerprint density at radius 1 is 1.09 bits per heavy atom. The smallest absolute Gasteiger partial charge is 0.409 e. The third kappa shape index (κ3) is 5.09. The average molecular weight is 326 g/mol. The third-order valence-corrected chi connectivity index (χ3v) is 4.38. The van der Waals surface area contributed by atoms with Gasteiger partial charge in [0.1, 0.15) is 0 Å². The molecule has 0 atom stereocenters. The van der Waals surface area contributed by atoms with Crippen LogP contribution in [-0.2, 0) is 14.3 Å². The lowest BCUT2D eigenvalue weighted by Crippen LogP contribution is -2.52. The van der Waals surface area contributed by atoms with Crippen molar-refractivity contribution in [1.29, 1.82) is 0 Å². The number of ether oxygens (including phenoxy) is 1. The number of nitrogens with one attached hydrogen (secondary N) is 1. The standard InChI is InChI=1S/C15H26N4O4/c1-2-23-15(22)19-5-3-13(4-6-19)16-11-14(21)18-9-7-17(12-20)8-10-18/h12-13,16H,2-11H2,1H3. The molecule has 0 aromatic heterocycles. The summed E-state index contributed by atoms with van der Waals surface area (Å²) in [5.41, 5.74) is 0. The van der Waals surface area contributed by atoms with E-state index in [1.54, 1.807) is 21.6 Å². The number of piperazine rings is 1. The van der Waals surface area contributed by atoms with E-state index in [2.05, 4.69) is 5.32 Å². The van der Waals surface area contributed by atoms with Crippen molar-refractivity contribution in [2.24, 2.45) is 0 Å². The van der Waals surface area contributed by atoms with Crippen LogP contribution in [0.3, 0.4) is 0 Å². The minimum Gasteiger partial charge on any atom is -0.450 e. The van der Waals surface area contributed by atoms with Gasteiger partial charge in [-0.05, 0) is 19.8 Å². The van der Waals surface area contributed by atoms with Crippen LogP contribution in [0.2, 0.25) is 0 Å². The van der Waals surface area contributed by atoms with Crippen LogP contribution in [0.25, 0.3) is 0 Å². The minimum atomic E-state index is -0.255. The lowest BCUT2D eigenvalue weighted by Gasteiger charge is -2.34. The van der Waals surface area contributed by atoms with E-state index in [0.717, 1.165) is 19.3 Å². The van der Waals surface area contributed by atoms with E-state index in [-0.39, 0.29) is 18.0 Å². The first-order chi connectivity index (χ1) is 11.1. The highest BCUT2D eigenvalue weighted by Crippen LogP contribution is 2.11. The van der Waals surface area contributed by atoms with Gasteiger partial charge in [-0.2, -0.15) is 0 Å². The molecule has 0 aliphatic carbocycles. The van der Waals surface area contributed by atoms with Crippen molar-refractivity contribution in [3.05, 3.63) is 0 Å². The van der Waals surface area contributed by atoms with Crippen LogP contribution < -0.4 is 5.32 Å². The molecule has 0 aromatic carbocycles. The summed E-state index contributed by atoms with van der Waals surface area (Å²) in [4.78, 5) is 39.6. The monoisotopic (exact) mass is 326 g/mol. The zero-order valence-corrected chi connectivity index (χ0v) is 13.7. The maximum absolute atomic E-state index is 12.2. The van der Waals surface area contributed by atoms with Crippen LogP contribution in [0.5, 0.6) is 0 Å². The molecule has 2 aliphatic rings. The fourth-order valence-corrected chi connectivity index (χ4v) is 2.90. The molecule has 0 spiro atoms. The van der Waals surface area contributed by atoms with E-state index in [1.165, 1.54) is 0 Å². The second-order valence-electron chi connectivity index (χ2n) is 5.86. The van der Waals surface area contributed by atoms with Gasteiger partial charge in [0, 0.05) is 45.3 Å². The summed E-state index contributed by atoms with van der Waals surface area (Å²) < 4.78 is 4.99. The Labute approximate surface area is 136 Å². The number of hydrogen-bond acceptors (Lipinski definition) is 5. The predicted octanol–water partition coefficient (Wildman–Crippen LogP) is -0.502. The van der Waals surface area contributed by atoms with Gasteiger partial charge in [0.15, 0.2) is 0 Å². The molecule has 0 aromatic rings. The fourth-order valence-electron chi connectivity index (χ4n) is 2.90. The lowest BCUT2D eigenvalue weighted by molar-refractivity contribution is -0.134. The Balaban J connectivity index is 1.64. The highest BCUT2D eigenvalue weighted by Gasteiger charge is 2.25. The van der Waals surface area contributed by atoms with E-state index in [0.29, 0.717) is 52.4 Å². The largest absolute Gasteiger partial charge is 0.450 e. The Hall–Kier alpha value is -1.83. The number of carbonyl (C=O) groups excluding carboxylic acids is 3. The van der Waals surface area contributed by atoms with Crippen molar-refractivity contribution in [2.45, 2.75) is 25.8 Å². The van der Waals surface area contributed by atoms with Crippen LogP contribution in [-0.4, -0.2) is 91.6 Å². The summed E-state index contributed by atoms with van der Waals surface area (Å²) >= 11 is 0. The molecule has 2 aliphatic heterocycles. The van der Waals surface area contributed by atoms with Gasteiger partial charge in [0.25, 0.3) is 0 Å². The summed E-state index contributed by atoms with van der Waals surface area (Å²) in [6.45, 7) is 6.22. The molecule has 2 saturated heterocycles. The Morgan fingerprint density at radius 2 is 1.74 bits per heavy atom. The Morgan fingerprint density at radius 3 is 2.30 bits per heavy atom. The molecule has 0 bridgehead atoms. The maximum atomic E-state index is 12.2. The molecule has 2 fully saturated rings. The fraction of sp³-hybridized carbons (Fsp3) is 0.800. The molecule has 0 unspecified atom stereocenters. The van der Waals surface area contributed by atoms with Gasteiger partial charge in [-0.3, -0.25) is 9.59 Å². The maximum Gasteiger partial charge on any atom is 0.409 e. The summed E-state index contributed by atoms with van der Waals surface area (Å²) in [5.74, 6) is 0.0726. The van der Waals surface area contributed by atoms with Crippen LogP contribution in [0.1, 0.15) is 19.8 Å². The Kier molecular flexibility index (Phi) is 6.64. The van der Waals surface area contributed by atoms with Crippen molar-refractivity contribution in [2.75, 3.05) is 52.4 Å². The second-order valence-corrected chi connectivity index (χ2v) is 5.86. The quantitative estimate of drug-likeness (QED) is 0.689. The Bertz CT molecular complexity index is 416. The molecular weight excluding hydrogens is 300 g/mol. The number of hydrogen-bond donors (Lipinski definition) is 1. The molecule has 8 heteroatoms. The normalized spacial score (nSPS) is 19.6. The van der Waals surface area contributed by atoms with Gasteiger partial charge >= 0.3 is 6.09 Å². The van der Waals surface area contributed by atoms with Crippen LogP contribution in [0.4, 0.5) is 4.79 Å². The van der Waals surface area contributed by atoms with Gasteiger partial charge in [-0.15, -0.1) is 0 Å². The van der Waals surface area contributed by atoms with Gasteiger partial charge in [-0.1, -0.05) is 0 Å². The molecule has 8 nitrogen and oxygen atoms in total. The van der Waals surface area contributed by atoms with Crippen molar-refractivity contribution < 1.29 is 19.1 Å². The van der Waals surface area contributed by atoms with E-state index in [1.807, 2.05) is 0 Å². The SMILES string of the molecule is CCOC(=O)N1CCC(NCC(=O)N2CCN(C=O)CC2)CC1. The number of likely N-dealkylation sites (tertiary alicyclic amines) is 1. The average Bonchev–Trinajstić information content (AvgIpc) is 2.60. The second kappa shape index (κ2) is 8.71. The number of carbonyl (C=O) groups is 3. The molecule has 0 saturated carbocycles. The van der Waals surface area contributed by atoms with Crippen molar-refractivity contribution in [3.63, 3.8) is 0 Å². The van der Waals surface area contributed by atoms with Crippen molar-refractivity contribution in [3.8, 4) is 0 Å². The summed E-state index contributed by atoms with van der Waals surface area (Å²) in [6, 6.07) is 0.251. The molecule has 2 rings (SSSR count).